The van der Waals surface area contributed by atoms with Gasteiger partial charge < -0.3 is 9.26 Å². The summed E-state index contributed by atoms with van der Waals surface area (Å²) in [5, 5.41) is 3.14. The number of nitrogens with zero attached hydrogens (tertiary/aromatic N) is 2. The normalized spacial score (nSPS) is 9.68. The molecule has 0 spiro atoms. The first-order valence-corrected chi connectivity index (χ1v) is 7.80. The summed E-state index contributed by atoms with van der Waals surface area (Å²) in [6, 6.07) is 18.0. The molecule has 0 unspecified atom stereocenters. The minimum absolute atomic E-state index is 0.0549. The van der Waals surface area contributed by atoms with Crippen LogP contribution in [0.1, 0.15) is 27.9 Å². The fraction of sp³-hybridized carbons (Fsp3) is 0.111. The van der Waals surface area contributed by atoms with Crippen LogP contribution in [0.15, 0.2) is 65.2 Å². The van der Waals surface area contributed by atoms with E-state index >= 15 is 0 Å². The Hall–Kier alpha value is -2.99. The van der Waals surface area contributed by atoms with Crippen LogP contribution in [0, 0.1) is 0 Å². The zero-order chi connectivity index (χ0) is 18.1. The maximum atomic E-state index is 11.3. The second-order valence-electron chi connectivity index (χ2n) is 4.65. The molecule has 2 aromatic carbocycles. The van der Waals surface area contributed by atoms with Gasteiger partial charge in [0.2, 0.25) is 0 Å². The molecule has 0 aliphatic rings. The predicted octanol–water partition coefficient (Wildman–Crippen LogP) is 3.98. The number of carbonyl (C=O) groups excluding carboxylic acids is 2. The molecule has 3 rings (SSSR count). The third-order valence-electron chi connectivity index (χ3n) is 2.91. The average Bonchev–Trinajstić information content (AvgIpc) is 3.14. The third kappa shape index (κ3) is 5.54. The summed E-state index contributed by atoms with van der Waals surface area (Å²) < 4.78 is 9.71. The minimum Gasteiger partial charge on any atom is -0.460 e. The van der Waals surface area contributed by atoms with E-state index in [2.05, 4.69) is 10.1 Å². The molecule has 0 N–H and O–H groups in total. The molecule has 6 nitrogen and oxygen atoms in total. The van der Waals surface area contributed by atoms with Crippen LogP contribution in [-0.4, -0.2) is 28.0 Å². The highest BCUT2D eigenvalue weighted by atomic mass is 35.5. The minimum atomic E-state index is -0.576. The van der Waals surface area contributed by atoms with Crippen LogP contribution < -0.4 is 0 Å². The van der Waals surface area contributed by atoms with E-state index in [1.165, 1.54) is 0 Å². The summed E-state index contributed by atoms with van der Waals surface area (Å²) in [5.41, 5.74) is 1.31. The highest BCUT2D eigenvalue weighted by Gasteiger charge is 2.16. The van der Waals surface area contributed by atoms with Gasteiger partial charge in [0.15, 0.2) is 0 Å². The van der Waals surface area contributed by atoms with Crippen molar-refractivity contribution in [2.24, 2.45) is 0 Å². The van der Waals surface area contributed by atoms with Gasteiger partial charge in [0.25, 0.3) is 17.0 Å². The number of hydrogen-bond acceptors (Lipinski definition) is 6. The number of hydrogen-bond donors (Lipinski definition) is 0. The Bertz CT molecular complexity index is 819. The van der Waals surface area contributed by atoms with E-state index < -0.39 is 11.2 Å². The van der Waals surface area contributed by atoms with Crippen molar-refractivity contribution in [2.45, 2.75) is 6.92 Å². The molecule has 0 aliphatic carbocycles. The number of carbonyl (C=O) groups is 2. The first kappa shape index (κ1) is 18.4. The lowest BCUT2D eigenvalue weighted by molar-refractivity contribution is 0.0508. The smallest absolute Gasteiger partial charge is 0.379 e. The summed E-state index contributed by atoms with van der Waals surface area (Å²) in [5.74, 6) is -0.321. The molecule has 0 saturated carbocycles. The first-order valence-electron chi connectivity index (χ1n) is 7.43. The van der Waals surface area contributed by atoms with E-state index in [4.69, 9.17) is 20.9 Å². The molecule has 3 aromatic rings. The van der Waals surface area contributed by atoms with Crippen LogP contribution >= 0.6 is 11.6 Å². The number of benzene rings is 2. The van der Waals surface area contributed by atoms with Gasteiger partial charge in [0, 0.05) is 11.1 Å². The lowest BCUT2D eigenvalue weighted by Crippen LogP contribution is -2.06. The van der Waals surface area contributed by atoms with Crippen molar-refractivity contribution in [3.05, 3.63) is 72.1 Å². The number of esters is 1. The Balaban J connectivity index is 0.000000212. The monoisotopic (exact) mass is 358 g/mol. The van der Waals surface area contributed by atoms with Crippen LogP contribution in [0.3, 0.4) is 0 Å². The van der Waals surface area contributed by atoms with Gasteiger partial charge >= 0.3 is 5.97 Å². The van der Waals surface area contributed by atoms with Crippen LogP contribution in [0.25, 0.3) is 11.5 Å². The Labute approximate surface area is 149 Å². The van der Waals surface area contributed by atoms with Gasteiger partial charge in [-0.25, -0.2) is 4.79 Å². The fourth-order valence-corrected chi connectivity index (χ4v) is 1.90. The summed E-state index contributed by atoms with van der Waals surface area (Å²) in [7, 11) is 0. The summed E-state index contributed by atoms with van der Waals surface area (Å²) >= 11 is 5.16. The Morgan fingerprint density at radius 2 is 1.64 bits per heavy atom. The van der Waals surface area contributed by atoms with Crippen molar-refractivity contribution in [2.75, 3.05) is 6.61 Å². The van der Waals surface area contributed by atoms with E-state index in [0.717, 1.165) is 5.56 Å². The average molecular weight is 359 g/mol. The molecule has 0 saturated heterocycles. The van der Waals surface area contributed by atoms with Crippen molar-refractivity contribution in [1.29, 1.82) is 0 Å². The van der Waals surface area contributed by atoms with Gasteiger partial charge in [-0.05, 0) is 35.8 Å². The highest BCUT2D eigenvalue weighted by Crippen LogP contribution is 2.16. The summed E-state index contributed by atoms with van der Waals surface area (Å²) in [6.45, 7) is 2.00. The summed E-state index contributed by atoms with van der Waals surface area (Å²) in [4.78, 5) is 25.6. The Kier molecular flexibility index (Phi) is 6.86. The van der Waals surface area contributed by atoms with Gasteiger partial charge in [-0.2, -0.15) is 4.98 Å². The van der Waals surface area contributed by atoms with Crippen LogP contribution in [0.5, 0.6) is 0 Å². The van der Waals surface area contributed by atoms with Gasteiger partial charge in [0.05, 0.1) is 6.61 Å². The quantitative estimate of drug-likeness (QED) is 0.518. The molecule has 0 atom stereocenters. The predicted molar refractivity (Wildman–Crippen MR) is 92.3 cm³/mol. The molecule has 0 radical (unpaired) electrons. The van der Waals surface area contributed by atoms with Crippen molar-refractivity contribution in [3.8, 4) is 11.5 Å². The van der Waals surface area contributed by atoms with Gasteiger partial charge in [-0.15, -0.1) is 0 Å². The lowest BCUT2D eigenvalue weighted by atomic mass is 10.2. The van der Waals surface area contributed by atoms with Crippen molar-refractivity contribution in [1.82, 2.24) is 10.1 Å². The molecular weight excluding hydrogens is 344 g/mol. The zero-order valence-electron chi connectivity index (χ0n) is 13.4. The Morgan fingerprint density at radius 1 is 1.04 bits per heavy atom. The molecule has 0 aliphatic heterocycles. The highest BCUT2D eigenvalue weighted by molar-refractivity contribution is 6.67. The molecule has 128 valence electrons. The SMILES string of the molecule is CCOC(=O)c1noc(-c2ccccc2)n1.O=C(Cl)c1ccccc1. The lowest BCUT2D eigenvalue weighted by Gasteiger charge is -1.93. The standard InChI is InChI=1S/C11H10N2O3.C7H5ClO/c1-2-15-11(14)9-12-10(16-13-9)8-6-4-3-5-7-8;8-7(9)6-4-2-1-3-5-6/h3-7H,2H2,1H3;1-5H. The molecule has 1 aromatic heterocycles. The number of ether oxygens (including phenoxy) is 1. The van der Waals surface area contributed by atoms with E-state index in [1.807, 2.05) is 36.4 Å². The van der Waals surface area contributed by atoms with Gasteiger partial charge in [-0.3, -0.25) is 4.79 Å². The second-order valence-corrected chi connectivity index (χ2v) is 4.99. The largest absolute Gasteiger partial charge is 0.460 e. The van der Waals surface area contributed by atoms with Crippen LogP contribution in [0.2, 0.25) is 0 Å². The van der Waals surface area contributed by atoms with Crippen molar-refractivity contribution >= 4 is 22.8 Å². The molecular formula is C18H15ClN2O4. The molecule has 0 fully saturated rings. The number of halogens is 1. The maximum Gasteiger partial charge on any atom is 0.379 e. The second kappa shape index (κ2) is 9.34. The maximum absolute atomic E-state index is 11.3. The molecule has 0 bridgehead atoms. The van der Waals surface area contributed by atoms with Crippen molar-refractivity contribution < 1.29 is 18.8 Å². The molecule has 0 amide bonds. The van der Waals surface area contributed by atoms with E-state index in [1.54, 1.807) is 31.2 Å². The zero-order valence-corrected chi connectivity index (χ0v) is 14.1. The topological polar surface area (TPSA) is 82.3 Å². The van der Waals surface area contributed by atoms with Crippen LogP contribution in [0.4, 0.5) is 0 Å². The Morgan fingerprint density at radius 3 is 2.16 bits per heavy atom. The number of rotatable bonds is 4. The molecule has 25 heavy (non-hydrogen) atoms. The fourth-order valence-electron chi connectivity index (χ4n) is 1.77. The third-order valence-corrected chi connectivity index (χ3v) is 3.12. The number of aromatic nitrogens is 2. The van der Waals surface area contributed by atoms with Gasteiger partial charge in [-0.1, -0.05) is 48.5 Å². The van der Waals surface area contributed by atoms with Crippen molar-refractivity contribution in [3.63, 3.8) is 0 Å². The van der Waals surface area contributed by atoms with E-state index in [9.17, 15) is 9.59 Å². The van der Waals surface area contributed by atoms with E-state index in [-0.39, 0.29) is 12.4 Å². The molecule has 7 heteroatoms. The summed E-state index contributed by atoms with van der Waals surface area (Å²) in [6.07, 6.45) is 0. The molecule has 1 heterocycles. The first-order chi connectivity index (χ1) is 12.1. The van der Waals surface area contributed by atoms with Crippen LogP contribution in [-0.2, 0) is 4.74 Å². The van der Waals surface area contributed by atoms with Gasteiger partial charge in [0.1, 0.15) is 0 Å². The van der Waals surface area contributed by atoms with E-state index in [0.29, 0.717) is 11.5 Å².